The Morgan fingerprint density at radius 2 is 0.629 bits per heavy atom. The number of nitrogens with zero attached hydrogens (tertiary/aromatic N) is 7. The summed E-state index contributed by atoms with van der Waals surface area (Å²) >= 11 is 0. The third kappa shape index (κ3) is 8.40. The van der Waals surface area contributed by atoms with Gasteiger partial charge in [0.2, 0.25) is 0 Å². The molecular weight excluding hydrogens is 855 g/mol. The largest absolute Gasteiger partial charge is 0.256 e. The minimum absolute atomic E-state index is 0.860. The van der Waals surface area contributed by atoms with Gasteiger partial charge in [0, 0.05) is 39.6 Å². The van der Waals surface area contributed by atoms with E-state index in [1.54, 1.807) is 0 Å². The third-order valence-corrected chi connectivity index (χ3v) is 12.7. The van der Waals surface area contributed by atoms with Gasteiger partial charge in [-0.15, -0.1) is 0 Å². The molecule has 0 atom stereocenters. The van der Waals surface area contributed by atoms with Gasteiger partial charge >= 0.3 is 0 Å². The molecule has 0 fully saturated rings. The van der Waals surface area contributed by atoms with Crippen molar-refractivity contribution >= 4 is 0 Å². The van der Waals surface area contributed by atoms with Crippen LogP contribution in [0.1, 0.15) is 0 Å². The predicted octanol–water partition coefficient (Wildman–Crippen LogP) is 15.2. The molecule has 0 aliphatic heterocycles. The summed E-state index contributed by atoms with van der Waals surface area (Å²) in [4.78, 5) is 14.8. The summed E-state index contributed by atoms with van der Waals surface area (Å²) in [6.45, 7) is 0. The molecule has 0 bridgehead atoms. The first-order chi connectivity index (χ1) is 34.7. The van der Waals surface area contributed by atoms with Crippen LogP contribution in [0.25, 0.3) is 112 Å². The van der Waals surface area contributed by atoms with Crippen molar-refractivity contribution < 1.29 is 0 Å². The van der Waals surface area contributed by atoms with Crippen LogP contribution in [0.4, 0.5) is 0 Å². The van der Waals surface area contributed by atoms with Crippen molar-refractivity contribution in [3.05, 3.63) is 262 Å². The lowest BCUT2D eigenvalue weighted by Crippen LogP contribution is -2.02. The summed E-state index contributed by atoms with van der Waals surface area (Å²) < 4.78 is 3.91. The minimum atomic E-state index is 0.860. The van der Waals surface area contributed by atoms with Crippen LogP contribution in [0, 0.1) is 0 Å². The van der Waals surface area contributed by atoms with Gasteiger partial charge < -0.3 is 0 Å². The highest BCUT2D eigenvalue weighted by molar-refractivity contribution is 5.88. The molecule has 0 N–H and O–H groups in total. The third-order valence-electron chi connectivity index (χ3n) is 12.7. The first kappa shape index (κ1) is 41.8. The first-order valence-electron chi connectivity index (χ1n) is 23.3. The minimum Gasteiger partial charge on any atom is -0.256 e. The van der Waals surface area contributed by atoms with Crippen molar-refractivity contribution in [2.45, 2.75) is 0 Å². The zero-order chi connectivity index (χ0) is 46.6. The number of aromatic nitrogens is 7. The molecule has 0 aliphatic carbocycles. The van der Waals surface area contributed by atoms with E-state index in [2.05, 4.69) is 176 Å². The smallest absolute Gasteiger partial charge is 0.0836 e. The lowest BCUT2D eigenvalue weighted by Gasteiger charge is -2.16. The Labute approximate surface area is 406 Å². The van der Waals surface area contributed by atoms with Crippen molar-refractivity contribution in [2.75, 3.05) is 0 Å². The monoisotopic (exact) mass is 897 g/mol. The number of rotatable bonds is 11. The van der Waals surface area contributed by atoms with Gasteiger partial charge in [-0.1, -0.05) is 164 Å². The van der Waals surface area contributed by atoms with E-state index in [0.717, 1.165) is 101 Å². The van der Waals surface area contributed by atoms with Gasteiger partial charge in [0.1, 0.15) is 0 Å². The van der Waals surface area contributed by atoms with Crippen molar-refractivity contribution in [2.24, 2.45) is 0 Å². The number of hydrogen-bond acceptors (Lipinski definition) is 5. The standard InChI is InChI=1S/C63H43N7/c1-4-13-44(14-5-1)45-23-25-46(26-24-45)49-19-12-20-50(37-49)61-30-27-51(41-64-61)57-21-10-11-22-58(57)52-38-53(62-33-35-67-69(62)55-28-31-59(65-42-55)47-15-6-2-7-16-47)40-54(39-52)63-34-36-68-70(63)56-29-32-60(66-43-56)48-17-8-3-9-18-48/h1-43H. The van der Waals surface area contributed by atoms with E-state index in [4.69, 9.17) is 25.1 Å². The first-order valence-corrected chi connectivity index (χ1v) is 23.3. The van der Waals surface area contributed by atoms with Crippen LogP contribution >= 0.6 is 0 Å². The van der Waals surface area contributed by atoms with E-state index < -0.39 is 0 Å². The highest BCUT2D eigenvalue weighted by Crippen LogP contribution is 2.39. The lowest BCUT2D eigenvalue weighted by molar-refractivity contribution is 0.879. The molecule has 7 aromatic carbocycles. The second-order valence-electron chi connectivity index (χ2n) is 17.1. The van der Waals surface area contributed by atoms with E-state index in [9.17, 15) is 0 Å². The van der Waals surface area contributed by atoms with E-state index in [1.165, 1.54) is 11.1 Å². The maximum Gasteiger partial charge on any atom is 0.0836 e. The normalized spacial score (nSPS) is 11.1. The SMILES string of the molecule is c1ccc(-c2ccc(-c3cccc(-c4ccc(-c5ccccc5-c5cc(-c6ccnn6-c6ccc(-c7ccccc7)nc6)cc(-c6ccnn6-c6ccc(-c7ccccc7)nc6)c5)cn4)c3)cc2)cc1. The molecule has 0 spiro atoms. The molecule has 5 aromatic heterocycles. The molecule has 7 heteroatoms. The molecule has 5 heterocycles. The highest BCUT2D eigenvalue weighted by Gasteiger charge is 2.18. The van der Waals surface area contributed by atoms with Gasteiger partial charge in [0.05, 0.1) is 64.6 Å². The van der Waals surface area contributed by atoms with Crippen LogP contribution in [0.3, 0.4) is 0 Å². The van der Waals surface area contributed by atoms with E-state index in [0.29, 0.717) is 0 Å². The van der Waals surface area contributed by atoms with Gasteiger partial charge in [-0.2, -0.15) is 10.2 Å². The molecule has 0 saturated heterocycles. The fourth-order valence-electron chi connectivity index (χ4n) is 9.17. The number of hydrogen-bond donors (Lipinski definition) is 0. The lowest BCUT2D eigenvalue weighted by atomic mass is 9.91. The van der Waals surface area contributed by atoms with Gasteiger partial charge in [-0.3, -0.25) is 15.0 Å². The van der Waals surface area contributed by atoms with Crippen molar-refractivity contribution in [1.29, 1.82) is 0 Å². The van der Waals surface area contributed by atoms with Crippen molar-refractivity contribution in [1.82, 2.24) is 34.5 Å². The second-order valence-corrected chi connectivity index (χ2v) is 17.1. The maximum atomic E-state index is 5.07. The Morgan fingerprint density at radius 1 is 0.243 bits per heavy atom. The average Bonchev–Trinajstić information content (AvgIpc) is 4.16. The van der Waals surface area contributed by atoms with Crippen molar-refractivity contribution in [3.8, 4) is 112 Å². The Bertz CT molecular complexity index is 3570. The van der Waals surface area contributed by atoms with Gasteiger partial charge in [-0.05, 0) is 106 Å². The van der Waals surface area contributed by atoms with E-state index in [1.807, 2.05) is 94.9 Å². The molecule has 0 aliphatic rings. The molecule has 330 valence electrons. The van der Waals surface area contributed by atoms with Crippen LogP contribution in [0.15, 0.2) is 262 Å². The molecule has 7 nitrogen and oxygen atoms in total. The maximum absolute atomic E-state index is 5.07. The zero-order valence-corrected chi connectivity index (χ0v) is 38.0. The fraction of sp³-hybridized carbons (Fsp3) is 0. The van der Waals surface area contributed by atoms with Crippen LogP contribution in [-0.4, -0.2) is 34.5 Å². The number of benzene rings is 7. The van der Waals surface area contributed by atoms with Gasteiger partial charge in [0.15, 0.2) is 0 Å². The Balaban J connectivity index is 0.913. The van der Waals surface area contributed by atoms with Crippen LogP contribution in [0.5, 0.6) is 0 Å². The van der Waals surface area contributed by atoms with E-state index in [-0.39, 0.29) is 0 Å². The molecule has 0 saturated carbocycles. The van der Waals surface area contributed by atoms with Crippen molar-refractivity contribution in [3.63, 3.8) is 0 Å². The summed E-state index contributed by atoms with van der Waals surface area (Å²) in [5, 5.41) is 9.67. The molecule has 70 heavy (non-hydrogen) atoms. The Hall–Kier alpha value is -9.59. The second kappa shape index (κ2) is 18.6. The topological polar surface area (TPSA) is 74.3 Å². The zero-order valence-electron chi connectivity index (χ0n) is 38.0. The Kier molecular flexibility index (Phi) is 11.1. The van der Waals surface area contributed by atoms with E-state index >= 15 is 0 Å². The summed E-state index contributed by atoms with van der Waals surface area (Å²) in [5.41, 5.74) is 20.4. The van der Waals surface area contributed by atoms with Crippen LogP contribution in [-0.2, 0) is 0 Å². The summed E-state index contributed by atoms with van der Waals surface area (Å²) in [6.07, 6.45) is 9.44. The van der Waals surface area contributed by atoms with Crippen LogP contribution < -0.4 is 0 Å². The van der Waals surface area contributed by atoms with Crippen LogP contribution in [0.2, 0.25) is 0 Å². The molecule has 0 radical (unpaired) electrons. The quantitative estimate of drug-likeness (QED) is 0.129. The fourth-order valence-corrected chi connectivity index (χ4v) is 9.17. The Morgan fingerprint density at radius 3 is 1.14 bits per heavy atom. The predicted molar refractivity (Wildman–Crippen MR) is 283 cm³/mol. The molecule has 0 unspecified atom stereocenters. The summed E-state index contributed by atoms with van der Waals surface area (Å²) in [5.74, 6) is 0. The summed E-state index contributed by atoms with van der Waals surface area (Å²) in [7, 11) is 0. The molecular formula is C63H43N7. The molecule has 12 rings (SSSR count). The number of pyridine rings is 3. The van der Waals surface area contributed by atoms with Gasteiger partial charge in [0.25, 0.3) is 0 Å². The molecule has 12 aromatic rings. The molecule has 0 amide bonds. The van der Waals surface area contributed by atoms with Gasteiger partial charge in [-0.25, -0.2) is 9.36 Å². The average molecular weight is 898 g/mol. The summed E-state index contributed by atoms with van der Waals surface area (Å²) in [6, 6.07) is 80.2. The highest BCUT2D eigenvalue weighted by atomic mass is 15.3.